The smallest absolute Gasteiger partial charge is 0.274 e. The lowest BCUT2D eigenvalue weighted by molar-refractivity contribution is 0.0725. The second-order valence-electron chi connectivity index (χ2n) is 4.47. The molecule has 4 nitrogen and oxygen atoms in total. The van der Waals surface area contributed by atoms with Gasteiger partial charge in [0.2, 0.25) is 0 Å². The van der Waals surface area contributed by atoms with Crippen LogP contribution in [0.3, 0.4) is 0 Å². The molecule has 0 saturated heterocycles. The van der Waals surface area contributed by atoms with Gasteiger partial charge in [0.15, 0.2) is 0 Å². The summed E-state index contributed by atoms with van der Waals surface area (Å²) < 4.78 is 0. The van der Waals surface area contributed by atoms with Gasteiger partial charge in [-0.3, -0.25) is 4.79 Å². The zero-order valence-corrected chi connectivity index (χ0v) is 11.7. The Bertz CT molecular complexity index is 566. The van der Waals surface area contributed by atoms with Crippen LogP contribution in [0.1, 0.15) is 28.2 Å². The summed E-state index contributed by atoms with van der Waals surface area (Å²) in [6.45, 7) is 0.644. The molecule has 2 aromatic rings. The summed E-state index contributed by atoms with van der Waals surface area (Å²) in [5, 5.41) is 2.32. The number of rotatable bonds is 4. The van der Waals surface area contributed by atoms with Crippen LogP contribution in [-0.2, 0) is 6.54 Å². The normalized spacial score (nSPS) is 14.4. The standard InChI is InChI=1S/C13H12ClN3OS/c14-12-7-15-11(6-16-12)13(18)17(9-3-4-9)8-10-2-1-5-19-10/h1-2,5-7,9H,3-4,8H2. The molecule has 0 radical (unpaired) electrons. The Kier molecular flexibility index (Phi) is 3.48. The van der Waals surface area contributed by atoms with Gasteiger partial charge in [0.1, 0.15) is 10.8 Å². The van der Waals surface area contributed by atoms with Crippen molar-refractivity contribution in [2.24, 2.45) is 0 Å². The molecule has 0 atom stereocenters. The first-order valence-electron chi connectivity index (χ1n) is 6.05. The van der Waals surface area contributed by atoms with E-state index in [1.54, 1.807) is 11.3 Å². The summed E-state index contributed by atoms with van der Waals surface area (Å²) in [5.41, 5.74) is 0.354. The van der Waals surface area contributed by atoms with Crippen LogP contribution in [0.2, 0.25) is 5.15 Å². The highest BCUT2D eigenvalue weighted by Gasteiger charge is 2.33. The predicted octanol–water partition coefficient (Wildman–Crippen LogP) is 3.00. The van der Waals surface area contributed by atoms with Gasteiger partial charge in [-0.15, -0.1) is 11.3 Å². The Hall–Kier alpha value is -1.46. The number of aromatic nitrogens is 2. The fourth-order valence-corrected chi connectivity index (χ4v) is 2.69. The van der Waals surface area contributed by atoms with Crippen LogP contribution in [0, 0.1) is 0 Å². The largest absolute Gasteiger partial charge is 0.329 e. The van der Waals surface area contributed by atoms with Gasteiger partial charge in [-0.05, 0) is 24.3 Å². The Labute approximate surface area is 120 Å². The molecule has 0 unspecified atom stereocenters. The molecule has 6 heteroatoms. The molecule has 0 aliphatic heterocycles. The maximum atomic E-state index is 12.4. The lowest BCUT2D eigenvalue weighted by atomic mass is 10.3. The van der Waals surface area contributed by atoms with Crippen molar-refractivity contribution in [3.05, 3.63) is 45.6 Å². The maximum absolute atomic E-state index is 12.4. The predicted molar refractivity (Wildman–Crippen MR) is 74.3 cm³/mol. The molecule has 1 fully saturated rings. The van der Waals surface area contributed by atoms with E-state index in [9.17, 15) is 4.79 Å². The van der Waals surface area contributed by atoms with Gasteiger partial charge in [0.25, 0.3) is 5.91 Å². The molecule has 0 spiro atoms. The molecule has 1 amide bonds. The van der Waals surface area contributed by atoms with E-state index in [0.29, 0.717) is 23.4 Å². The van der Waals surface area contributed by atoms with Gasteiger partial charge < -0.3 is 4.90 Å². The van der Waals surface area contributed by atoms with Crippen molar-refractivity contribution in [1.82, 2.24) is 14.9 Å². The first-order chi connectivity index (χ1) is 9.24. The quantitative estimate of drug-likeness (QED) is 0.870. The summed E-state index contributed by atoms with van der Waals surface area (Å²) in [6, 6.07) is 4.38. The number of carbonyl (C=O) groups is 1. The first kappa shape index (κ1) is 12.6. The van der Waals surface area contributed by atoms with Crippen molar-refractivity contribution in [3.8, 4) is 0 Å². The average molecular weight is 294 g/mol. The van der Waals surface area contributed by atoms with E-state index >= 15 is 0 Å². The van der Waals surface area contributed by atoms with E-state index in [4.69, 9.17) is 11.6 Å². The SMILES string of the molecule is O=C(c1cnc(Cl)cn1)N(Cc1cccs1)C1CC1. The van der Waals surface area contributed by atoms with E-state index in [1.165, 1.54) is 17.3 Å². The molecule has 0 N–H and O–H groups in total. The van der Waals surface area contributed by atoms with Crippen LogP contribution in [-0.4, -0.2) is 26.8 Å². The summed E-state index contributed by atoms with van der Waals surface area (Å²) in [7, 11) is 0. The molecule has 1 aliphatic carbocycles. The van der Waals surface area contributed by atoms with Crippen LogP contribution in [0.15, 0.2) is 29.9 Å². The van der Waals surface area contributed by atoms with E-state index in [1.807, 2.05) is 22.4 Å². The molecule has 2 heterocycles. The minimum atomic E-state index is -0.0694. The number of hydrogen-bond acceptors (Lipinski definition) is 4. The lowest BCUT2D eigenvalue weighted by Gasteiger charge is -2.21. The number of amides is 1. The second kappa shape index (κ2) is 5.27. The summed E-state index contributed by atoms with van der Waals surface area (Å²) in [4.78, 5) is 23.5. The van der Waals surface area contributed by atoms with E-state index in [2.05, 4.69) is 9.97 Å². The third-order valence-corrected chi connectivity index (χ3v) is 4.05. The zero-order valence-electron chi connectivity index (χ0n) is 10.1. The molecule has 2 aromatic heterocycles. The number of hydrogen-bond donors (Lipinski definition) is 0. The monoisotopic (exact) mass is 293 g/mol. The van der Waals surface area contributed by atoms with Gasteiger partial charge in [-0.1, -0.05) is 17.7 Å². The van der Waals surface area contributed by atoms with Crippen molar-refractivity contribution < 1.29 is 4.79 Å². The fraction of sp³-hybridized carbons (Fsp3) is 0.308. The Morgan fingerprint density at radius 2 is 2.26 bits per heavy atom. The number of halogens is 1. The molecule has 1 aliphatic rings. The fourth-order valence-electron chi connectivity index (χ4n) is 1.89. The third kappa shape index (κ3) is 2.93. The van der Waals surface area contributed by atoms with E-state index in [0.717, 1.165) is 12.8 Å². The second-order valence-corrected chi connectivity index (χ2v) is 5.89. The molecular formula is C13H12ClN3OS. The van der Waals surface area contributed by atoms with Crippen molar-refractivity contribution in [3.63, 3.8) is 0 Å². The first-order valence-corrected chi connectivity index (χ1v) is 7.30. The van der Waals surface area contributed by atoms with Crippen molar-refractivity contribution in [1.29, 1.82) is 0 Å². The minimum absolute atomic E-state index is 0.0694. The van der Waals surface area contributed by atoms with Crippen molar-refractivity contribution in [2.45, 2.75) is 25.4 Å². The Morgan fingerprint density at radius 1 is 1.42 bits per heavy atom. The molecule has 3 rings (SSSR count). The van der Waals surface area contributed by atoms with Crippen molar-refractivity contribution >= 4 is 28.8 Å². The lowest BCUT2D eigenvalue weighted by Crippen LogP contribution is -2.33. The van der Waals surface area contributed by atoms with Gasteiger partial charge in [0.05, 0.1) is 18.9 Å². The summed E-state index contributed by atoms with van der Waals surface area (Å²) >= 11 is 7.35. The molecule has 19 heavy (non-hydrogen) atoms. The number of carbonyl (C=O) groups excluding carboxylic acids is 1. The molecule has 98 valence electrons. The highest BCUT2D eigenvalue weighted by molar-refractivity contribution is 7.09. The van der Waals surface area contributed by atoms with E-state index < -0.39 is 0 Å². The van der Waals surface area contributed by atoms with Crippen LogP contribution < -0.4 is 0 Å². The van der Waals surface area contributed by atoms with Crippen molar-refractivity contribution in [2.75, 3.05) is 0 Å². The topological polar surface area (TPSA) is 46.1 Å². The van der Waals surface area contributed by atoms with Gasteiger partial charge >= 0.3 is 0 Å². The molecule has 1 saturated carbocycles. The van der Waals surface area contributed by atoms with Gasteiger partial charge in [-0.2, -0.15) is 0 Å². The highest BCUT2D eigenvalue weighted by atomic mass is 35.5. The molecular weight excluding hydrogens is 282 g/mol. The van der Waals surface area contributed by atoms with Crippen LogP contribution in [0.4, 0.5) is 0 Å². The van der Waals surface area contributed by atoms with Gasteiger partial charge in [0, 0.05) is 10.9 Å². The van der Waals surface area contributed by atoms with Crippen LogP contribution in [0.5, 0.6) is 0 Å². The van der Waals surface area contributed by atoms with Crippen LogP contribution in [0.25, 0.3) is 0 Å². The van der Waals surface area contributed by atoms with Crippen LogP contribution >= 0.6 is 22.9 Å². The van der Waals surface area contributed by atoms with E-state index in [-0.39, 0.29) is 5.91 Å². The third-order valence-electron chi connectivity index (χ3n) is 2.99. The summed E-state index contributed by atoms with van der Waals surface area (Å²) in [5.74, 6) is -0.0694. The highest BCUT2D eigenvalue weighted by Crippen LogP contribution is 2.30. The Balaban J connectivity index is 1.79. The number of nitrogens with zero attached hydrogens (tertiary/aromatic N) is 3. The van der Waals surface area contributed by atoms with Gasteiger partial charge in [-0.25, -0.2) is 9.97 Å². The maximum Gasteiger partial charge on any atom is 0.274 e. The Morgan fingerprint density at radius 3 is 2.84 bits per heavy atom. The summed E-state index contributed by atoms with van der Waals surface area (Å²) in [6.07, 6.45) is 4.98. The minimum Gasteiger partial charge on any atom is -0.329 e. The number of thiophene rings is 1. The molecule has 0 aromatic carbocycles. The molecule has 0 bridgehead atoms. The average Bonchev–Trinajstić information content (AvgIpc) is 3.13. The zero-order chi connectivity index (χ0) is 13.2.